The molecule has 1 aromatic rings. The number of aliphatic hydroxyl groups is 3. The van der Waals surface area contributed by atoms with Gasteiger partial charge in [0.15, 0.2) is 11.4 Å². The maximum Gasteiger partial charge on any atom is 0.255 e. The van der Waals surface area contributed by atoms with E-state index in [9.17, 15) is 34.8 Å². The number of aromatic hydroxyl groups is 1. The monoisotopic (exact) mass is 553 g/mol. The second kappa shape index (κ2) is 9.26. The van der Waals surface area contributed by atoms with Crippen molar-refractivity contribution in [2.45, 2.75) is 44.1 Å². The van der Waals surface area contributed by atoms with Gasteiger partial charge in [0.1, 0.15) is 30.9 Å². The van der Waals surface area contributed by atoms with Crippen LogP contribution in [0.1, 0.15) is 27.9 Å². The Kier molecular flexibility index (Phi) is 6.74. The average molecular weight is 554 g/mol. The molecule has 39 heavy (non-hydrogen) atoms. The number of rotatable bonds is 3. The van der Waals surface area contributed by atoms with Crippen LogP contribution >= 0.6 is 0 Å². The molecule has 0 aromatic heterocycles. The van der Waals surface area contributed by atoms with Crippen molar-refractivity contribution in [2.24, 2.45) is 17.6 Å². The van der Waals surface area contributed by atoms with Gasteiger partial charge in [0.25, 0.3) is 5.91 Å². The maximum atomic E-state index is 14.0. The van der Waals surface area contributed by atoms with Crippen molar-refractivity contribution in [1.82, 2.24) is 4.90 Å². The molecule has 6 N–H and O–H groups in total. The number of aliphatic hydroxyl groups excluding tert-OH is 2. The zero-order valence-corrected chi connectivity index (χ0v) is 24.2. The summed E-state index contributed by atoms with van der Waals surface area (Å²) in [6.45, 7) is 6.15. The van der Waals surface area contributed by atoms with Crippen LogP contribution in [-0.2, 0) is 16.0 Å². The molecule has 4 rings (SSSR count). The first-order chi connectivity index (χ1) is 17.9. The summed E-state index contributed by atoms with van der Waals surface area (Å²) < 4.78 is 0. The predicted molar refractivity (Wildman–Crippen MR) is 148 cm³/mol. The molecule has 0 unspecified atom stereocenters. The lowest BCUT2D eigenvalue weighted by atomic mass is 9.58. The van der Waals surface area contributed by atoms with Gasteiger partial charge < -0.3 is 31.1 Å². The number of allylic oxidation sites excluding steroid dienone is 1. The number of anilines is 1. The van der Waals surface area contributed by atoms with E-state index in [1.807, 2.05) is 19.0 Å². The highest BCUT2D eigenvalue weighted by molar-refractivity contribution is 6.83. The van der Waals surface area contributed by atoms with Crippen LogP contribution in [-0.4, -0.2) is 90.7 Å². The van der Waals surface area contributed by atoms with Crippen molar-refractivity contribution in [3.8, 4) is 17.2 Å². The van der Waals surface area contributed by atoms with Crippen LogP contribution in [0.5, 0.6) is 5.75 Å². The summed E-state index contributed by atoms with van der Waals surface area (Å²) in [5, 5.41) is 45.3. The molecule has 10 nitrogen and oxygen atoms in total. The number of phenols is 1. The molecule has 0 radical (unpaired) electrons. The van der Waals surface area contributed by atoms with Crippen molar-refractivity contribution in [2.75, 3.05) is 33.1 Å². The average Bonchev–Trinajstić information content (AvgIpc) is 2.79. The minimum absolute atomic E-state index is 0.0383. The quantitative estimate of drug-likeness (QED) is 0.211. The molecule has 0 fully saturated rings. The number of carbonyl (C=O) groups excluding carboxylic acids is 3. The van der Waals surface area contributed by atoms with Crippen molar-refractivity contribution in [1.29, 1.82) is 0 Å². The second-order valence-corrected chi connectivity index (χ2v) is 16.8. The van der Waals surface area contributed by atoms with Crippen molar-refractivity contribution in [3.05, 3.63) is 45.4 Å². The van der Waals surface area contributed by atoms with Crippen molar-refractivity contribution < 1.29 is 34.8 Å². The Morgan fingerprint density at radius 2 is 1.74 bits per heavy atom. The molecule has 3 aliphatic carbocycles. The number of amides is 1. The number of nitrogens with zero attached hydrogens (tertiary/aromatic N) is 2. The van der Waals surface area contributed by atoms with Crippen LogP contribution in [0, 0.1) is 23.3 Å². The lowest BCUT2D eigenvalue weighted by Crippen LogP contribution is -2.63. The number of carbonyl (C=O) groups is 3. The van der Waals surface area contributed by atoms with E-state index in [4.69, 9.17) is 5.73 Å². The Bertz CT molecular complexity index is 1440. The molecule has 1 amide bonds. The molecule has 3 aliphatic rings. The standard InChI is InChI=1S/C28H35N3O7Si/c1-30(2)17-12-13(8-9-39(5,6)7)22(32)19-15(17)10-14-11-16-21(31(3)4)24(34)20(27(29)37)26(36)28(16,38)25(35)18(14)23(19)33/h12,14,16,21,32,34-35,38H,10-11H2,1-7H3,(H2,29,37)/t14-,16-,21-,28-/m1/s1. The molecule has 11 heteroatoms. The van der Waals surface area contributed by atoms with Crippen LogP contribution in [0.25, 0.3) is 0 Å². The third kappa shape index (κ3) is 4.23. The van der Waals surface area contributed by atoms with Crippen LogP contribution in [0.2, 0.25) is 19.6 Å². The van der Waals surface area contributed by atoms with Gasteiger partial charge in [-0.05, 0) is 44.5 Å². The summed E-state index contributed by atoms with van der Waals surface area (Å²) >= 11 is 0. The Morgan fingerprint density at radius 3 is 2.26 bits per heavy atom. The fourth-order valence-electron chi connectivity index (χ4n) is 6.05. The number of fused-ring (bicyclic) bond motifs is 3. The molecule has 0 aliphatic heterocycles. The summed E-state index contributed by atoms with van der Waals surface area (Å²) in [4.78, 5) is 42.9. The topological polar surface area (TPSA) is 165 Å². The Balaban J connectivity index is 1.99. The van der Waals surface area contributed by atoms with E-state index in [1.54, 1.807) is 20.2 Å². The fraction of sp³-hybridized carbons (Fsp3) is 0.464. The molecule has 0 bridgehead atoms. The van der Waals surface area contributed by atoms with Gasteiger partial charge >= 0.3 is 0 Å². The van der Waals surface area contributed by atoms with Crippen molar-refractivity contribution in [3.63, 3.8) is 0 Å². The highest BCUT2D eigenvalue weighted by Gasteiger charge is 2.63. The number of nitrogens with two attached hydrogens (primary N) is 1. The van der Waals surface area contributed by atoms with Gasteiger partial charge in [0, 0.05) is 31.3 Å². The van der Waals surface area contributed by atoms with Gasteiger partial charge in [-0.2, -0.15) is 0 Å². The second-order valence-electron chi connectivity index (χ2n) is 12.0. The first-order valence-electron chi connectivity index (χ1n) is 12.7. The van der Waals surface area contributed by atoms with Gasteiger partial charge in [-0.3, -0.25) is 19.3 Å². The summed E-state index contributed by atoms with van der Waals surface area (Å²) in [5.41, 5.74) is 6.36. The number of likely N-dealkylation sites (N-methyl/N-ethyl adjacent to an activating group) is 1. The molecule has 0 heterocycles. The molecule has 208 valence electrons. The number of hydrogen-bond donors (Lipinski definition) is 5. The molecule has 0 saturated heterocycles. The van der Waals surface area contributed by atoms with Gasteiger partial charge in [-0.15, -0.1) is 5.54 Å². The highest BCUT2D eigenvalue weighted by Crippen LogP contribution is 2.53. The van der Waals surface area contributed by atoms with E-state index in [0.717, 1.165) is 0 Å². The fourth-order valence-corrected chi connectivity index (χ4v) is 6.56. The number of Topliss-reactive ketones (excluding diaryl/α,β-unsaturated/α-hetero) is 2. The Hall–Kier alpha value is -3.59. The summed E-state index contributed by atoms with van der Waals surface area (Å²) in [7, 11) is 4.98. The van der Waals surface area contributed by atoms with Crippen LogP contribution in [0.3, 0.4) is 0 Å². The molecule has 4 atom stereocenters. The zero-order chi connectivity index (χ0) is 29.4. The maximum absolute atomic E-state index is 14.0. The van der Waals surface area contributed by atoms with Crippen LogP contribution in [0.4, 0.5) is 5.69 Å². The van der Waals surface area contributed by atoms with Gasteiger partial charge in [0.2, 0.25) is 5.78 Å². The summed E-state index contributed by atoms with van der Waals surface area (Å²) in [6.07, 6.45) is 0.258. The first kappa shape index (κ1) is 28.4. The number of benzene rings is 1. The number of primary amides is 1. The lowest BCUT2D eigenvalue weighted by molar-refractivity contribution is -0.148. The Morgan fingerprint density at radius 1 is 1.13 bits per heavy atom. The summed E-state index contributed by atoms with van der Waals surface area (Å²) in [5.74, 6) is -3.72. The zero-order valence-electron chi connectivity index (χ0n) is 23.2. The largest absolute Gasteiger partial charge is 0.510 e. The van der Waals surface area contributed by atoms with Gasteiger partial charge in [-0.1, -0.05) is 25.6 Å². The SMILES string of the molecule is CN(C)c1cc(C#C[Si](C)(C)C)c(O)c2c1C[C@@H]1C[C@@H]3[C@@H](N(C)C)C(O)=C(C(N)=O)C(=O)[C@]3(O)C(O)=C1C2=O. The molecular weight excluding hydrogens is 518 g/mol. The minimum Gasteiger partial charge on any atom is -0.510 e. The van der Waals surface area contributed by atoms with E-state index in [0.29, 0.717) is 11.3 Å². The van der Waals surface area contributed by atoms with E-state index in [1.165, 1.54) is 4.90 Å². The number of phenolic OH excluding ortho intramolecular Hbond substituents is 1. The third-order valence-corrected chi connectivity index (χ3v) is 8.63. The van der Waals surface area contributed by atoms with Gasteiger partial charge in [-0.25, -0.2) is 0 Å². The highest BCUT2D eigenvalue weighted by atomic mass is 28.3. The van der Waals surface area contributed by atoms with E-state index in [2.05, 4.69) is 31.1 Å². The predicted octanol–water partition coefficient (Wildman–Crippen LogP) is 1.42. The van der Waals surface area contributed by atoms with E-state index >= 15 is 0 Å². The van der Waals surface area contributed by atoms with Crippen LogP contribution in [0.15, 0.2) is 28.7 Å². The van der Waals surface area contributed by atoms with E-state index in [-0.39, 0.29) is 35.3 Å². The lowest BCUT2D eigenvalue weighted by Gasteiger charge is -2.50. The molecule has 0 saturated carbocycles. The minimum atomic E-state index is -2.67. The number of hydrogen-bond acceptors (Lipinski definition) is 9. The smallest absolute Gasteiger partial charge is 0.255 e. The van der Waals surface area contributed by atoms with Gasteiger partial charge in [0.05, 0.1) is 17.2 Å². The summed E-state index contributed by atoms with van der Waals surface area (Å²) in [6, 6.07) is 0.708. The van der Waals surface area contributed by atoms with Crippen molar-refractivity contribution >= 4 is 31.2 Å². The molecular formula is C28H35N3O7Si. The third-order valence-electron chi connectivity index (χ3n) is 7.75. The number of ketones is 2. The normalized spacial score (nSPS) is 26.5. The van der Waals surface area contributed by atoms with Crippen LogP contribution < -0.4 is 10.6 Å². The van der Waals surface area contributed by atoms with E-state index < -0.39 is 66.1 Å². The molecule has 0 spiro atoms. The molecule has 1 aromatic carbocycles. The first-order valence-corrected chi connectivity index (χ1v) is 16.2. The Labute approximate surface area is 228 Å².